The van der Waals surface area contributed by atoms with Crippen LogP contribution in [0.3, 0.4) is 0 Å². The number of hydrogen-bond acceptors (Lipinski definition) is 2. The van der Waals surface area contributed by atoms with Crippen LogP contribution in [0.4, 0.5) is 0 Å². The van der Waals surface area contributed by atoms with Crippen molar-refractivity contribution in [1.29, 1.82) is 0 Å². The van der Waals surface area contributed by atoms with Crippen LogP contribution in [0.2, 0.25) is 5.15 Å². The van der Waals surface area contributed by atoms with E-state index in [2.05, 4.69) is 29.5 Å². The Hall–Kier alpha value is -0.650. The molecule has 0 atom stereocenters. The van der Waals surface area contributed by atoms with E-state index in [4.69, 9.17) is 11.6 Å². The van der Waals surface area contributed by atoms with Gasteiger partial charge in [0.05, 0.1) is 5.75 Å². The molecule has 1 aromatic rings. The summed E-state index contributed by atoms with van der Waals surface area (Å²) in [4.78, 5) is 3.87. The Morgan fingerprint density at radius 2 is 2.36 bits per heavy atom. The van der Waals surface area contributed by atoms with E-state index >= 15 is 0 Å². The summed E-state index contributed by atoms with van der Waals surface area (Å²) in [6, 6.07) is 3.54. The highest BCUT2D eigenvalue weighted by molar-refractivity contribution is 7.80. The van der Waals surface area contributed by atoms with Crippen molar-refractivity contribution in [3.05, 3.63) is 29.0 Å². The number of halogens is 1. The zero-order chi connectivity index (χ0) is 8.10. The first kappa shape index (κ1) is 8.45. The molecule has 0 saturated carbocycles. The summed E-state index contributed by atoms with van der Waals surface area (Å²) in [5.41, 5.74) is 0.864. The zero-order valence-corrected chi connectivity index (χ0v) is 7.36. The minimum Gasteiger partial charge on any atom is -0.243 e. The second-order valence-electron chi connectivity index (χ2n) is 1.83. The Labute approximate surface area is 76.2 Å². The van der Waals surface area contributed by atoms with Gasteiger partial charge in [-0.1, -0.05) is 23.4 Å². The fourth-order valence-corrected chi connectivity index (χ4v) is 0.782. The fourth-order valence-electron chi connectivity index (χ4n) is 0.591. The maximum Gasteiger partial charge on any atom is 0.129 e. The number of hydrogen-bond donors (Lipinski definition) is 1. The highest BCUT2D eigenvalue weighted by Gasteiger charge is 1.87. The molecule has 0 spiro atoms. The lowest BCUT2D eigenvalue weighted by Gasteiger charge is -1.88. The molecule has 0 aliphatic carbocycles. The molecule has 1 nitrogen and oxygen atoms in total. The molecule has 3 heteroatoms. The summed E-state index contributed by atoms with van der Waals surface area (Å²) in [6.45, 7) is 0. The van der Waals surface area contributed by atoms with Crippen LogP contribution in [-0.4, -0.2) is 10.7 Å². The first-order chi connectivity index (χ1) is 5.33. The zero-order valence-electron chi connectivity index (χ0n) is 5.71. The molecule has 1 rings (SSSR count). The monoisotopic (exact) mass is 183 g/mol. The molecule has 0 aliphatic heterocycles. The summed E-state index contributed by atoms with van der Waals surface area (Å²) in [7, 11) is 0. The van der Waals surface area contributed by atoms with Crippen LogP contribution in [0.5, 0.6) is 0 Å². The predicted octanol–water partition coefficient (Wildman–Crippen LogP) is 2.02. The SMILES string of the molecule is SCC#Cc1ccc(Cl)nc1. The van der Waals surface area contributed by atoms with Crippen molar-refractivity contribution in [2.45, 2.75) is 0 Å². The second kappa shape index (κ2) is 4.27. The third kappa shape index (κ3) is 2.83. The third-order valence-corrected chi connectivity index (χ3v) is 1.42. The van der Waals surface area contributed by atoms with Gasteiger partial charge in [0.25, 0.3) is 0 Å². The van der Waals surface area contributed by atoms with Crippen LogP contribution in [0, 0.1) is 11.8 Å². The van der Waals surface area contributed by atoms with Crippen molar-refractivity contribution < 1.29 is 0 Å². The molecule has 0 amide bonds. The minimum absolute atomic E-state index is 0.487. The molecule has 1 aromatic heterocycles. The van der Waals surface area contributed by atoms with E-state index < -0.39 is 0 Å². The molecule has 0 saturated heterocycles. The molecule has 0 aliphatic rings. The van der Waals surface area contributed by atoms with Crippen LogP contribution in [0.25, 0.3) is 0 Å². The van der Waals surface area contributed by atoms with Gasteiger partial charge in [0.1, 0.15) is 5.15 Å². The number of nitrogens with zero attached hydrogens (tertiary/aromatic N) is 1. The van der Waals surface area contributed by atoms with E-state index in [1.165, 1.54) is 0 Å². The summed E-state index contributed by atoms with van der Waals surface area (Å²) < 4.78 is 0. The summed E-state index contributed by atoms with van der Waals surface area (Å²) >= 11 is 9.52. The Balaban J connectivity index is 2.82. The number of aromatic nitrogens is 1. The lowest BCUT2D eigenvalue weighted by Crippen LogP contribution is -1.77. The Morgan fingerprint density at radius 1 is 1.55 bits per heavy atom. The van der Waals surface area contributed by atoms with Gasteiger partial charge in [-0.15, -0.1) is 0 Å². The number of pyridine rings is 1. The van der Waals surface area contributed by atoms with Gasteiger partial charge in [-0.3, -0.25) is 0 Å². The standard InChI is InChI=1S/C8H6ClNS/c9-8-4-3-7(6-10-8)2-1-5-11/h3-4,6,11H,5H2. The number of thiol groups is 1. The molecule has 0 N–H and O–H groups in total. The maximum atomic E-state index is 5.57. The van der Waals surface area contributed by atoms with Crippen molar-refractivity contribution in [3.8, 4) is 11.8 Å². The maximum absolute atomic E-state index is 5.57. The van der Waals surface area contributed by atoms with E-state index in [0.29, 0.717) is 10.9 Å². The van der Waals surface area contributed by atoms with Gasteiger partial charge < -0.3 is 0 Å². The van der Waals surface area contributed by atoms with E-state index in [-0.39, 0.29) is 0 Å². The predicted molar refractivity (Wildman–Crippen MR) is 50.0 cm³/mol. The minimum atomic E-state index is 0.487. The van der Waals surface area contributed by atoms with Crippen LogP contribution >= 0.6 is 24.2 Å². The first-order valence-electron chi connectivity index (χ1n) is 3.04. The lowest BCUT2D eigenvalue weighted by molar-refractivity contribution is 1.31. The topological polar surface area (TPSA) is 12.9 Å². The molecule has 0 aromatic carbocycles. The molecular weight excluding hydrogens is 178 g/mol. The quantitative estimate of drug-likeness (QED) is 0.369. The van der Waals surface area contributed by atoms with Crippen molar-refractivity contribution in [3.63, 3.8) is 0 Å². The van der Waals surface area contributed by atoms with E-state index in [9.17, 15) is 0 Å². The Kier molecular flexibility index (Phi) is 3.28. The second-order valence-corrected chi connectivity index (χ2v) is 2.53. The average molecular weight is 184 g/mol. The molecule has 1 heterocycles. The van der Waals surface area contributed by atoms with Crippen LogP contribution in [0.1, 0.15) is 5.56 Å². The molecule has 11 heavy (non-hydrogen) atoms. The van der Waals surface area contributed by atoms with E-state index in [1.807, 2.05) is 6.07 Å². The lowest BCUT2D eigenvalue weighted by atomic mass is 10.3. The largest absolute Gasteiger partial charge is 0.243 e. The fraction of sp³-hybridized carbons (Fsp3) is 0.125. The van der Waals surface area contributed by atoms with Crippen molar-refractivity contribution in [2.24, 2.45) is 0 Å². The highest BCUT2D eigenvalue weighted by Crippen LogP contribution is 2.03. The summed E-state index contributed by atoms with van der Waals surface area (Å²) in [5, 5.41) is 0.487. The molecular formula is C8H6ClNS. The third-order valence-electron chi connectivity index (χ3n) is 1.04. The van der Waals surface area contributed by atoms with Gasteiger partial charge >= 0.3 is 0 Å². The molecule has 0 bridgehead atoms. The molecule has 56 valence electrons. The van der Waals surface area contributed by atoms with Gasteiger partial charge in [0.15, 0.2) is 0 Å². The van der Waals surface area contributed by atoms with Crippen LogP contribution in [-0.2, 0) is 0 Å². The van der Waals surface area contributed by atoms with Gasteiger partial charge in [-0.2, -0.15) is 12.6 Å². The van der Waals surface area contributed by atoms with Crippen molar-refractivity contribution >= 4 is 24.2 Å². The van der Waals surface area contributed by atoms with Gasteiger partial charge in [-0.05, 0) is 12.1 Å². The smallest absolute Gasteiger partial charge is 0.129 e. The van der Waals surface area contributed by atoms with Gasteiger partial charge in [0, 0.05) is 11.8 Å². The van der Waals surface area contributed by atoms with Crippen molar-refractivity contribution in [1.82, 2.24) is 4.98 Å². The molecule has 0 fully saturated rings. The van der Waals surface area contributed by atoms with Gasteiger partial charge in [-0.25, -0.2) is 4.98 Å². The average Bonchev–Trinajstić information content (AvgIpc) is 2.04. The van der Waals surface area contributed by atoms with E-state index in [1.54, 1.807) is 12.3 Å². The van der Waals surface area contributed by atoms with Crippen LogP contribution in [0.15, 0.2) is 18.3 Å². The van der Waals surface area contributed by atoms with Crippen molar-refractivity contribution in [2.75, 3.05) is 5.75 Å². The Bertz CT molecular complexity index is 283. The summed E-state index contributed by atoms with van der Waals surface area (Å²) in [6.07, 6.45) is 1.64. The highest BCUT2D eigenvalue weighted by atomic mass is 35.5. The normalized spacial score (nSPS) is 8.55. The first-order valence-corrected chi connectivity index (χ1v) is 4.05. The van der Waals surface area contributed by atoms with Crippen LogP contribution < -0.4 is 0 Å². The number of rotatable bonds is 0. The van der Waals surface area contributed by atoms with Gasteiger partial charge in [0.2, 0.25) is 0 Å². The molecule has 0 radical (unpaired) electrons. The van der Waals surface area contributed by atoms with E-state index in [0.717, 1.165) is 5.56 Å². The summed E-state index contributed by atoms with van der Waals surface area (Å²) in [5.74, 6) is 6.25. The molecule has 0 unspecified atom stereocenters. The Morgan fingerprint density at radius 3 is 2.91 bits per heavy atom.